The number of anilines is 2. The molecule has 0 radical (unpaired) electrons. The van der Waals surface area contributed by atoms with E-state index in [0.29, 0.717) is 28.0 Å². The van der Waals surface area contributed by atoms with Crippen molar-refractivity contribution in [1.29, 1.82) is 0 Å². The molecule has 0 aliphatic carbocycles. The summed E-state index contributed by atoms with van der Waals surface area (Å²) in [5.74, 6) is 0.610. The minimum atomic E-state index is -0.101. The van der Waals surface area contributed by atoms with E-state index < -0.39 is 0 Å². The summed E-state index contributed by atoms with van der Waals surface area (Å²) in [5, 5.41) is 7.09. The monoisotopic (exact) mass is 374 g/mol. The number of nitrogens with one attached hydrogen (secondary N) is 2. The second-order valence-corrected chi connectivity index (χ2v) is 6.23. The fourth-order valence-electron chi connectivity index (χ4n) is 2.38. The normalized spacial score (nSPS) is 10.5. The van der Waals surface area contributed by atoms with Gasteiger partial charge in [0, 0.05) is 5.69 Å². The van der Waals surface area contributed by atoms with Gasteiger partial charge < -0.3 is 15.1 Å². The zero-order chi connectivity index (χ0) is 17.6. The molecule has 25 heavy (non-hydrogen) atoms. The Bertz CT molecular complexity index is 843. The van der Waals surface area contributed by atoms with Crippen molar-refractivity contribution in [3.05, 3.63) is 82.2 Å². The number of hydrogen-bond donors (Lipinski definition) is 2. The van der Waals surface area contributed by atoms with Crippen molar-refractivity contribution in [1.82, 2.24) is 5.32 Å². The second-order valence-electron chi connectivity index (χ2n) is 5.41. The molecule has 0 aliphatic rings. The van der Waals surface area contributed by atoms with Gasteiger partial charge in [-0.05, 0) is 35.9 Å². The fraction of sp³-hybridized carbons (Fsp3) is 0.105. The van der Waals surface area contributed by atoms with Gasteiger partial charge in [0.2, 0.25) is 5.91 Å². The summed E-state index contributed by atoms with van der Waals surface area (Å²) in [6.07, 6.45) is 1.81. The summed E-state index contributed by atoms with van der Waals surface area (Å²) >= 11 is 12.4. The van der Waals surface area contributed by atoms with Gasteiger partial charge in [-0.25, -0.2) is 0 Å². The van der Waals surface area contributed by atoms with E-state index in [1.807, 2.05) is 30.3 Å². The molecule has 1 amide bonds. The van der Waals surface area contributed by atoms with E-state index in [0.717, 1.165) is 11.3 Å². The molecule has 3 rings (SSSR count). The number of carbonyl (C=O) groups excluding carboxylic acids is 1. The van der Waals surface area contributed by atoms with Crippen LogP contribution in [0.25, 0.3) is 0 Å². The van der Waals surface area contributed by atoms with Gasteiger partial charge in [0.1, 0.15) is 5.76 Å². The first kappa shape index (κ1) is 17.4. The third-order valence-corrected chi connectivity index (χ3v) is 4.26. The maximum atomic E-state index is 12.2. The molecular weight excluding hydrogens is 359 g/mol. The van der Waals surface area contributed by atoms with Crippen molar-refractivity contribution >= 4 is 40.5 Å². The lowest BCUT2D eigenvalue weighted by atomic mass is 10.1. The molecule has 1 heterocycles. The molecule has 0 aliphatic heterocycles. The Balaban J connectivity index is 1.71. The Kier molecular flexibility index (Phi) is 5.64. The summed E-state index contributed by atoms with van der Waals surface area (Å²) in [6.45, 7) is 0.359. The third kappa shape index (κ3) is 4.56. The first-order chi connectivity index (χ1) is 12.1. The van der Waals surface area contributed by atoms with E-state index >= 15 is 0 Å². The Morgan fingerprint density at radius 2 is 1.72 bits per heavy atom. The van der Waals surface area contributed by atoms with Crippen LogP contribution in [0.3, 0.4) is 0 Å². The minimum Gasteiger partial charge on any atom is -0.467 e. The molecule has 3 aromatic rings. The molecule has 0 bridgehead atoms. The summed E-state index contributed by atoms with van der Waals surface area (Å²) in [4.78, 5) is 12.2. The van der Waals surface area contributed by atoms with E-state index in [1.165, 1.54) is 0 Å². The second kappa shape index (κ2) is 8.10. The topological polar surface area (TPSA) is 54.3 Å². The van der Waals surface area contributed by atoms with Crippen LogP contribution in [0.4, 0.5) is 11.4 Å². The van der Waals surface area contributed by atoms with Gasteiger partial charge in [-0.2, -0.15) is 0 Å². The highest BCUT2D eigenvalue weighted by molar-refractivity contribution is 6.39. The number of halogens is 2. The molecule has 0 spiro atoms. The highest BCUT2D eigenvalue weighted by atomic mass is 35.5. The van der Waals surface area contributed by atoms with Gasteiger partial charge in [0.15, 0.2) is 0 Å². The fourth-order valence-corrected chi connectivity index (χ4v) is 2.87. The van der Waals surface area contributed by atoms with Crippen molar-refractivity contribution < 1.29 is 9.21 Å². The van der Waals surface area contributed by atoms with Crippen LogP contribution in [0.5, 0.6) is 0 Å². The van der Waals surface area contributed by atoms with Gasteiger partial charge in [-0.15, -0.1) is 0 Å². The maximum Gasteiger partial charge on any atom is 0.224 e. The highest BCUT2D eigenvalue weighted by Crippen LogP contribution is 2.33. The van der Waals surface area contributed by atoms with Crippen molar-refractivity contribution in [2.24, 2.45) is 0 Å². The lowest BCUT2D eigenvalue weighted by molar-refractivity contribution is -0.120. The largest absolute Gasteiger partial charge is 0.467 e. The molecule has 0 fully saturated rings. The van der Waals surface area contributed by atoms with Crippen LogP contribution in [0.1, 0.15) is 11.3 Å². The smallest absolute Gasteiger partial charge is 0.224 e. The van der Waals surface area contributed by atoms with Crippen LogP contribution in [0.15, 0.2) is 65.3 Å². The van der Waals surface area contributed by atoms with E-state index in [1.54, 1.807) is 30.5 Å². The average molecular weight is 375 g/mol. The van der Waals surface area contributed by atoms with Crippen molar-refractivity contribution in [2.45, 2.75) is 13.0 Å². The van der Waals surface area contributed by atoms with Gasteiger partial charge in [-0.3, -0.25) is 4.79 Å². The Morgan fingerprint density at radius 1 is 0.960 bits per heavy atom. The standard InChI is InChI=1S/C19H16Cl2N2O2/c20-15-7-3-8-16(21)19(15)23-17-9-2-1-5-13(17)11-18(24)22-12-14-6-4-10-25-14/h1-10,23H,11-12H2,(H,22,24). The quantitative estimate of drug-likeness (QED) is 0.624. The number of carbonyl (C=O) groups is 1. The van der Waals surface area contributed by atoms with E-state index in [-0.39, 0.29) is 12.3 Å². The van der Waals surface area contributed by atoms with Crippen LogP contribution in [0.2, 0.25) is 10.0 Å². The van der Waals surface area contributed by atoms with Crippen LogP contribution >= 0.6 is 23.2 Å². The molecule has 0 saturated heterocycles. The first-order valence-corrected chi connectivity index (χ1v) is 8.47. The summed E-state index contributed by atoms with van der Waals surface area (Å²) in [7, 11) is 0. The molecule has 6 heteroatoms. The molecule has 0 saturated carbocycles. The van der Waals surface area contributed by atoms with Gasteiger partial charge in [0.05, 0.1) is 35.0 Å². The average Bonchev–Trinajstić information content (AvgIpc) is 3.11. The molecule has 4 nitrogen and oxygen atoms in total. The molecule has 0 atom stereocenters. The van der Waals surface area contributed by atoms with Crippen LogP contribution in [-0.4, -0.2) is 5.91 Å². The van der Waals surface area contributed by atoms with Crippen LogP contribution < -0.4 is 10.6 Å². The van der Waals surface area contributed by atoms with Crippen LogP contribution in [0, 0.1) is 0 Å². The van der Waals surface area contributed by atoms with Crippen LogP contribution in [-0.2, 0) is 17.8 Å². The third-order valence-electron chi connectivity index (χ3n) is 3.63. The van der Waals surface area contributed by atoms with Gasteiger partial charge in [0.25, 0.3) is 0 Å². The maximum absolute atomic E-state index is 12.2. The summed E-state index contributed by atoms with van der Waals surface area (Å²) in [5.41, 5.74) is 2.25. The van der Waals surface area contributed by atoms with Gasteiger partial charge in [-0.1, -0.05) is 47.5 Å². The zero-order valence-corrected chi connectivity index (χ0v) is 14.8. The van der Waals surface area contributed by atoms with E-state index in [9.17, 15) is 4.79 Å². The first-order valence-electron chi connectivity index (χ1n) is 7.71. The van der Waals surface area contributed by atoms with Crippen molar-refractivity contribution in [3.63, 3.8) is 0 Å². The molecule has 1 aromatic heterocycles. The number of rotatable bonds is 6. The van der Waals surface area contributed by atoms with E-state index in [4.69, 9.17) is 27.6 Å². The molecule has 2 N–H and O–H groups in total. The number of amides is 1. The number of para-hydroxylation sites is 2. The Hall–Kier alpha value is -2.43. The number of furan rings is 1. The molecule has 128 valence electrons. The molecular formula is C19H16Cl2N2O2. The molecule has 0 unspecified atom stereocenters. The summed E-state index contributed by atoms with van der Waals surface area (Å²) < 4.78 is 5.21. The lowest BCUT2D eigenvalue weighted by Gasteiger charge is -2.14. The van der Waals surface area contributed by atoms with Gasteiger partial charge >= 0.3 is 0 Å². The SMILES string of the molecule is O=C(Cc1ccccc1Nc1c(Cl)cccc1Cl)NCc1ccco1. The number of hydrogen-bond acceptors (Lipinski definition) is 3. The number of benzene rings is 2. The summed E-state index contributed by atoms with van der Waals surface area (Å²) in [6, 6.07) is 16.4. The predicted molar refractivity (Wildman–Crippen MR) is 100 cm³/mol. The predicted octanol–water partition coefficient (Wildman–Crippen LogP) is 5.19. The Labute approximate surface area is 155 Å². The minimum absolute atomic E-state index is 0.101. The molecule has 2 aromatic carbocycles. The zero-order valence-electron chi connectivity index (χ0n) is 13.3. The Morgan fingerprint density at radius 3 is 2.44 bits per heavy atom. The van der Waals surface area contributed by atoms with Crippen molar-refractivity contribution in [2.75, 3.05) is 5.32 Å². The van der Waals surface area contributed by atoms with E-state index in [2.05, 4.69) is 10.6 Å². The van der Waals surface area contributed by atoms with Crippen molar-refractivity contribution in [3.8, 4) is 0 Å². The highest BCUT2D eigenvalue weighted by Gasteiger charge is 2.11. The lowest BCUT2D eigenvalue weighted by Crippen LogP contribution is -2.24.